The smallest absolute Gasteiger partial charge is 0.177 e. The second kappa shape index (κ2) is 7.72. The number of hydrogen-bond donors (Lipinski definition) is 1. The first kappa shape index (κ1) is 20.1. The summed E-state index contributed by atoms with van der Waals surface area (Å²) in [6.45, 7) is 3.00. The van der Waals surface area contributed by atoms with E-state index in [0.717, 1.165) is 28.7 Å². The third kappa shape index (κ3) is 3.58. The summed E-state index contributed by atoms with van der Waals surface area (Å²) < 4.78 is 26.6. The summed E-state index contributed by atoms with van der Waals surface area (Å²) in [5.41, 5.74) is 5.68. The maximum absolute atomic E-state index is 12.2. The standard InChI is InChI=1S/C24H21N5O2S/c1-3-29-11-7-16-4-5-17(12-22(16)29)19-13-18(14-20-24(19)27-10-9-26-20)28-21-15-25-8-6-23(21)32(2,30)31/h4-15,28H,3H2,1-2H3. The number of nitrogens with zero attached hydrogens (tertiary/aromatic N) is 4. The molecule has 0 saturated carbocycles. The molecule has 0 saturated heterocycles. The molecular formula is C24H21N5O2S. The van der Waals surface area contributed by atoms with Gasteiger partial charge in [0.1, 0.15) is 0 Å². The summed E-state index contributed by atoms with van der Waals surface area (Å²) in [7, 11) is -3.42. The van der Waals surface area contributed by atoms with Gasteiger partial charge in [-0.1, -0.05) is 12.1 Å². The normalized spacial score (nSPS) is 11.8. The number of fused-ring (bicyclic) bond motifs is 2. The van der Waals surface area contributed by atoms with E-state index in [1.165, 1.54) is 30.1 Å². The van der Waals surface area contributed by atoms with Crippen LogP contribution in [0, 0.1) is 0 Å². The molecule has 3 aromatic heterocycles. The van der Waals surface area contributed by atoms with Crippen LogP contribution in [0.25, 0.3) is 33.1 Å². The summed E-state index contributed by atoms with van der Waals surface area (Å²) in [6, 6.07) is 13.7. The number of sulfone groups is 1. The van der Waals surface area contributed by atoms with E-state index in [0.29, 0.717) is 16.9 Å². The highest BCUT2D eigenvalue weighted by molar-refractivity contribution is 7.90. The van der Waals surface area contributed by atoms with Crippen molar-refractivity contribution in [1.82, 2.24) is 19.5 Å². The molecule has 7 nitrogen and oxygen atoms in total. The molecule has 0 fully saturated rings. The van der Waals surface area contributed by atoms with E-state index in [-0.39, 0.29) is 4.90 Å². The second-order valence-electron chi connectivity index (χ2n) is 7.59. The minimum Gasteiger partial charge on any atom is -0.353 e. The van der Waals surface area contributed by atoms with Crippen LogP contribution in [0.4, 0.5) is 11.4 Å². The van der Waals surface area contributed by atoms with E-state index in [2.05, 4.69) is 62.2 Å². The molecular weight excluding hydrogens is 422 g/mol. The van der Waals surface area contributed by atoms with Crippen molar-refractivity contribution >= 4 is 43.1 Å². The van der Waals surface area contributed by atoms with Crippen LogP contribution < -0.4 is 5.32 Å². The highest BCUT2D eigenvalue weighted by Gasteiger charge is 2.15. The van der Waals surface area contributed by atoms with Gasteiger partial charge in [-0.15, -0.1) is 0 Å². The lowest BCUT2D eigenvalue weighted by Gasteiger charge is -2.14. The Morgan fingerprint density at radius 1 is 1.00 bits per heavy atom. The lowest BCUT2D eigenvalue weighted by Crippen LogP contribution is -2.03. The zero-order chi connectivity index (χ0) is 22.3. The van der Waals surface area contributed by atoms with Crippen molar-refractivity contribution in [2.45, 2.75) is 18.4 Å². The summed E-state index contributed by atoms with van der Waals surface area (Å²) in [5, 5.41) is 4.40. The SMILES string of the molecule is CCn1ccc2ccc(-c3cc(Nc4cnccc4S(C)(=O)=O)cc4nccnc34)cc21. The van der Waals surface area contributed by atoms with Gasteiger partial charge in [-0.2, -0.15) is 0 Å². The van der Waals surface area contributed by atoms with Crippen molar-refractivity contribution in [2.75, 3.05) is 11.6 Å². The van der Waals surface area contributed by atoms with Gasteiger partial charge in [0.25, 0.3) is 0 Å². The van der Waals surface area contributed by atoms with Gasteiger partial charge in [-0.3, -0.25) is 15.0 Å². The summed E-state index contributed by atoms with van der Waals surface area (Å²) in [5.74, 6) is 0. The molecule has 32 heavy (non-hydrogen) atoms. The molecule has 5 rings (SSSR count). The third-order valence-corrected chi connectivity index (χ3v) is 6.61. The van der Waals surface area contributed by atoms with Crippen molar-refractivity contribution < 1.29 is 8.42 Å². The van der Waals surface area contributed by atoms with E-state index < -0.39 is 9.84 Å². The Morgan fingerprint density at radius 3 is 2.66 bits per heavy atom. The highest BCUT2D eigenvalue weighted by atomic mass is 32.2. The predicted octanol–water partition coefficient (Wildman–Crippen LogP) is 4.81. The van der Waals surface area contributed by atoms with Crippen LogP contribution in [-0.2, 0) is 16.4 Å². The van der Waals surface area contributed by atoms with Crippen molar-refractivity contribution in [3.63, 3.8) is 0 Å². The van der Waals surface area contributed by atoms with Crippen LogP contribution in [0.3, 0.4) is 0 Å². The summed E-state index contributed by atoms with van der Waals surface area (Å²) in [4.78, 5) is 13.3. The molecule has 2 aromatic carbocycles. The molecule has 160 valence electrons. The molecule has 0 atom stereocenters. The lowest BCUT2D eigenvalue weighted by molar-refractivity contribution is 0.602. The van der Waals surface area contributed by atoms with Gasteiger partial charge in [0.05, 0.1) is 27.8 Å². The number of rotatable bonds is 5. The molecule has 0 bridgehead atoms. The van der Waals surface area contributed by atoms with Gasteiger partial charge in [-0.05, 0) is 48.2 Å². The van der Waals surface area contributed by atoms with Crippen molar-refractivity contribution in [2.24, 2.45) is 0 Å². The van der Waals surface area contributed by atoms with Gasteiger partial charge in [0.2, 0.25) is 0 Å². The maximum Gasteiger partial charge on any atom is 0.177 e. The molecule has 0 spiro atoms. The Bertz CT molecular complexity index is 1570. The Labute approximate surface area is 185 Å². The van der Waals surface area contributed by atoms with Crippen molar-refractivity contribution in [3.8, 4) is 11.1 Å². The largest absolute Gasteiger partial charge is 0.353 e. The number of aryl methyl sites for hydroxylation is 1. The predicted molar refractivity (Wildman–Crippen MR) is 127 cm³/mol. The minimum atomic E-state index is -3.42. The quantitative estimate of drug-likeness (QED) is 0.419. The Morgan fingerprint density at radius 2 is 1.84 bits per heavy atom. The van der Waals surface area contributed by atoms with Crippen LogP contribution in [0.1, 0.15) is 6.92 Å². The highest BCUT2D eigenvalue weighted by Crippen LogP contribution is 2.34. The number of anilines is 2. The average Bonchev–Trinajstić information content (AvgIpc) is 3.20. The Hall–Kier alpha value is -3.78. The fourth-order valence-electron chi connectivity index (χ4n) is 3.95. The zero-order valence-corrected chi connectivity index (χ0v) is 18.5. The maximum atomic E-state index is 12.2. The number of hydrogen-bond acceptors (Lipinski definition) is 6. The first-order valence-electron chi connectivity index (χ1n) is 10.2. The van der Waals surface area contributed by atoms with Gasteiger partial charge in [0, 0.05) is 54.4 Å². The number of pyridine rings is 1. The van der Waals surface area contributed by atoms with Crippen LogP contribution in [0.5, 0.6) is 0 Å². The van der Waals surface area contributed by atoms with Crippen molar-refractivity contribution in [1.29, 1.82) is 0 Å². The van der Waals surface area contributed by atoms with E-state index in [4.69, 9.17) is 0 Å². The van der Waals surface area contributed by atoms with E-state index >= 15 is 0 Å². The summed E-state index contributed by atoms with van der Waals surface area (Å²) >= 11 is 0. The Balaban J connectivity index is 1.69. The first-order chi connectivity index (χ1) is 15.4. The van der Waals surface area contributed by atoms with Gasteiger partial charge < -0.3 is 9.88 Å². The fourth-order valence-corrected chi connectivity index (χ4v) is 4.76. The molecule has 0 unspecified atom stereocenters. The summed E-state index contributed by atoms with van der Waals surface area (Å²) in [6.07, 6.45) is 9.57. The molecule has 3 heterocycles. The first-order valence-corrected chi connectivity index (χ1v) is 12.1. The molecule has 8 heteroatoms. The van der Waals surface area contributed by atoms with E-state index in [1.807, 2.05) is 12.1 Å². The monoisotopic (exact) mass is 443 g/mol. The number of nitrogens with one attached hydrogen (secondary N) is 1. The molecule has 0 amide bonds. The second-order valence-corrected chi connectivity index (χ2v) is 9.58. The lowest BCUT2D eigenvalue weighted by atomic mass is 10.0. The van der Waals surface area contributed by atoms with Crippen LogP contribution >= 0.6 is 0 Å². The topological polar surface area (TPSA) is 89.8 Å². The molecule has 1 N–H and O–H groups in total. The van der Waals surface area contributed by atoms with E-state index in [9.17, 15) is 8.42 Å². The number of benzene rings is 2. The number of aromatic nitrogens is 4. The van der Waals surface area contributed by atoms with Gasteiger partial charge in [0.15, 0.2) is 9.84 Å². The van der Waals surface area contributed by atoms with Crippen LogP contribution in [-0.4, -0.2) is 34.2 Å². The fraction of sp³-hybridized carbons (Fsp3) is 0.125. The average molecular weight is 444 g/mol. The molecule has 0 radical (unpaired) electrons. The van der Waals surface area contributed by atoms with Crippen molar-refractivity contribution in [3.05, 3.63) is 73.4 Å². The van der Waals surface area contributed by atoms with Crippen LogP contribution in [0.15, 0.2) is 78.3 Å². The van der Waals surface area contributed by atoms with E-state index in [1.54, 1.807) is 12.4 Å². The van der Waals surface area contributed by atoms with Crippen LogP contribution in [0.2, 0.25) is 0 Å². The minimum absolute atomic E-state index is 0.190. The van der Waals surface area contributed by atoms with Gasteiger partial charge in [-0.25, -0.2) is 8.42 Å². The molecule has 0 aliphatic rings. The third-order valence-electron chi connectivity index (χ3n) is 5.46. The molecule has 0 aliphatic carbocycles. The Kier molecular flexibility index (Phi) is 4.86. The zero-order valence-electron chi connectivity index (χ0n) is 17.6. The molecule has 0 aliphatic heterocycles. The molecule has 5 aromatic rings. The van der Waals surface area contributed by atoms with Gasteiger partial charge >= 0.3 is 0 Å².